The fraction of sp³-hybridized carbons (Fsp3) is 0.778. The first-order valence-electron chi connectivity index (χ1n) is 17.1. The Morgan fingerprint density at radius 3 is 1.70 bits per heavy atom. The Kier molecular flexibility index (Phi) is 27.5. The van der Waals surface area contributed by atoms with Crippen molar-refractivity contribution in [1.82, 2.24) is 0 Å². The Morgan fingerprint density at radius 2 is 1.19 bits per heavy atom. The second-order valence-electron chi connectivity index (χ2n) is 12.6. The molecule has 0 fully saturated rings. The summed E-state index contributed by atoms with van der Waals surface area (Å²) in [6, 6.07) is -0.574. The number of esters is 1. The lowest BCUT2D eigenvalue weighted by atomic mass is 10.0. The van der Waals surface area contributed by atoms with Gasteiger partial charge in [-0.15, -0.1) is 0 Å². The number of aliphatic hydroxyl groups is 1. The number of hydrogen-bond acceptors (Lipinski definition) is 5. The molecule has 2 N–H and O–H groups in total. The molecule has 7 nitrogen and oxygen atoms in total. The largest absolute Gasteiger partial charge is 0.477 e. The molecule has 0 rings (SSSR count). The fourth-order valence-corrected chi connectivity index (χ4v) is 4.87. The molecule has 0 saturated heterocycles. The van der Waals surface area contributed by atoms with Crippen LogP contribution < -0.4 is 0 Å². The van der Waals surface area contributed by atoms with E-state index in [-0.39, 0.29) is 25.8 Å². The summed E-state index contributed by atoms with van der Waals surface area (Å²) in [4.78, 5) is 23.3. The molecule has 0 aliphatic heterocycles. The van der Waals surface area contributed by atoms with Gasteiger partial charge in [-0.1, -0.05) is 114 Å². The van der Waals surface area contributed by atoms with Crippen LogP contribution in [0.1, 0.15) is 129 Å². The van der Waals surface area contributed by atoms with Gasteiger partial charge in [0.15, 0.2) is 6.04 Å². The van der Waals surface area contributed by atoms with E-state index in [1.54, 1.807) is 0 Å². The Labute approximate surface area is 264 Å². The maximum absolute atomic E-state index is 11.9. The number of carboxylic acids is 1. The molecule has 43 heavy (non-hydrogen) atoms. The van der Waals surface area contributed by atoms with Crippen LogP contribution in [0, 0.1) is 0 Å². The van der Waals surface area contributed by atoms with Gasteiger partial charge in [-0.25, -0.2) is 4.79 Å². The van der Waals surface area contributed by atoms with Crippen LogP contribution in [0.25, 0.3) is 0 Å². The molecule has 7 heteroatoms. The molecule has 0 bridgehead atoms. The lowest BCUT2D eigenvalue weighted by Crippen LogP contribution is -2.50. The van der Waals surface area contributed by atoms with Crippen molar-refractivity contribution < 1.29 is 33.8 Å². The number of ether oxygens (including phenoxy) is 2. The van der Waals surface area contributed by atoms with Crippen molar-refractivity contribution >= 4 is 11.9 Å². The fourth-order valence-electron chi connectivity index (χ4n) is 4.87. The first kappa shape index (κ1) is 41.0. The van der Waals surface area contributed by atoms with E-state index in [2.05, 4.69) is 43.4 Å². The minimum atomic E-state index is -0.903. The number of hydrogen-bond donors (Lipinski definition) is 2. The van der Waals surface area contributed by atoms with Gasteiger partial charge in [-0.05, 0) is 38.5 Å². The van der Waals surface area contributed by atoms with Crippen LogP contribution in [-0.4, -0.2) is 79.7 Å². The van der Waals surface area contributed by atoms with Crippen molar-refractivity contribution in [3.05, 3.63) is 36.5 Å². The number of quaternary nitrogens is 1. The molecule has 0 radical (unpaired) electrons. The molecule has 0 amide bonds. The Hall–Kier alpha value is -1.96. The van der Waals surface area contributed by atoms with Crippen molar-refractivity contribution in [3.8, 4) is 0 Å². The molecule has 0 aromatic heterocycles. The van der Waals surface area contributed by atoms with Crippen molar-refractivity contribution in [2.24, 2.45) is 0 Å². The highest BCUT2D eigenvalue weighted by Gasteiger charge is 2.30. The molecule has 0 spiro atoms. The van der Waals surface area contributed by atoms with E-state index in [0.29, 0.717) is 17.3 Å². The van der Waals surface area contributed by atoms with Crippen LogP contribution in [0.4, 0.5) is 0 Å². The van der Waals surface area contributed by atoms with Crippen LogP contribution in [0.3, 0.4) is 0 Å². The summed E-state index contributed by atoms with van der Waals surface area (Å²) in [5.41, 5.74) is 0. The van der Waals surface area contributed by atoms with Gasteiger partial charge in [0.25, 0.3) is 0 Å². The Balaban J connectivity index is 3.45. The average Bonchev–Trinajstić information content (AvgIpc) is 2.95. The number of carbonyl (C=O) groups is 2. The van der Waals surface area contributed by atoms with Crippen LogP contribution in [-0.2, 0) is 19.1 Å². The number of carbonyl (C=O) groups excluding carboxylic acids is 1. The highest BCUT2D eigenvalue weighted by atomic mass is 16.5. The summed E-state index contributed by atoms with van der Waals surface area (Å²) in [7, 11) is 5.48. The van der Waals surface area contributed by atoms with E-state index in [1.807, 2.05) is 21.1 Å². The number of carboxylic acid groups (broad SMARTS) is 1. The zero-order valence-electron chi connectivity index (χ0n) is 28.1. The highest BCUT2D eigenvalue weighted by molar-refractivity contribution is 5.72. The van der Waals surface area contributed by atoms with Crippen molar-refractivity contribution in [3.63, 3.8) is 0 Å². The quantitative estimate of drug-likeness (QED) is 0.0370. The number of nitrogens with zero attached hydrogens (tertiary/aromatic N) is 1. The van der Waals surface area contributed by atoms with E-state index in [9.17, 15) is 19.8 Å². The van der Waals surface area contributed by atoms with Crippen LogP contribution in [0.2, 0.25) is 0 Å². The van der Waals surface area contributed by atoms with Crippen LogP contribution in [0.15, 0.2) is 36.5 Å². The Morgan fingerprint density at radius 1 is 0.698 bits per heavy atom. The number of rotatable bonds is 30. The molecule has 250 valence electrons. The predicted octanol–water partition coefficient (Wildman–Crippen LogP) is 8.17. The zero-order chi connectivity index (χ0) is 32.0. The summed E-state index contributed by atoms with van der Waals surface area (Å²) < 4.78 is 10.8. The lowest BCUT2D eigenvalue weighted by Gasteiger charge is -2.31. The summed E-state index contributed by atoms with van der Waals surface area (Å²) >= 11 is 0. The van der Waals surface area contributed by atoms with E-state index < -0.39 is 18.1 Å². The van der Waals surface area contributed by atoms with Gasteiger partial charge in [0.1, 0.15) is 12.7 Å². The van der Waals surface area contributed by atoms with E-state index in [1.165, 1.54) is 70.6 Å². The number of aliphatic carboxylic acids is 1. The molecule has 0 saturated carbocycles. The van der Waals surface area contributed by atoms with Gasteiger partial charge in [-0.2, -0.15) is 0 Å². The second kappa shape index (κ2) is 28.8. The minimum absolute atomic E-state index is 0.0189. The third kappa shape index (κ3) is 28.6. The molecule has 2 atom stereocenters. The van der Waals surface area contributed by atoms with Crippen molar-refractivity contribution in [1.29, 1.82) is 0 Å². The SMILES string of the molecule is CC/C=C/C/C=C/C/C=C/CCCCCCCCCCCCCCCC(=O)OCC(O)COCCC(C(=O)O)[N+](C)(C)C. The predicted molar refractivity (Wildman–Crippen MR) is 178 cm³/mol. The van der Waals surface area contributed by atoms with E-state index in [4.69, 9.17) is 9.47 Å². The molecule has 2 unspecified atom stereocenters. The molecule has 0 aliphatic rings. The number of unbranched alkanes of at least 4 members (excludes halogenated alkanes) is 13. The molecular formula is C36H66NO6+. The van der Waals surface area contributed by atoms with Crippen molar-refractivity contribution in [2.45, 2.75) is 141 Å². The maximum Gasteiger partial charge on any atom is 0.362 e. The second-order valence-corrected chi connectivity index (χ2v) is 12.6. The van der Waals surface area contributed by atoms with Gasteiger partial charge in [0.05, 0.1) is 34.4 Å². The molecule has 0 aromatic rings. The Bertz CT molecular complexity index is 755. The zero-order valence-corrected chi connectivity index (χ0v) is 28.1. The summed E-state index contributed by atoms with van der Waals surface area (Å²) in [6.07, 6.45) is 34.0. The van der Waals surface area contributed by atoms with Crippen molar-refractivity contribution in [2.75, 3.05) is 41.0 Å². The van der Waals surface area contributed by atoms with Gasteiger partial charge < -0.3 is 24.2 Å². The van der Waals surface area contributed by atoms with Crippen LogP contribution >= 0.6 is 0 Å². The molecule has 0 aromatic carbocycles. The number of likely N-dealkylation sites (N-methyl/N-ethyl adjacent to an activating group) is 1. The van der Waals surface area contributed by atoms with Gasteiger partial charge in [-0.3, -0.25) is 4.79 Å². The summed E-state index contributed by atoms with van der Waals surface area (Å²) in [5, 5.41) is 19.3. The van der Waals surface area contributed by atoms with Gasteiger partial charge in [0.2, 0.25) is 0 Å². The highest BCUT2D eigenvalue weighted by Crippen LogP contribution is 2.14. The first-order valence-corrected chi connectivity index (χ1v) is 17.1. The average molecular weight is 609 g/mol. The van der Waals surface area contributed by atoms with Gasteiger partial charge in [0, 0.05) is 12.8 Å². The lowest BCUT2D eigenvalue weighted by molar-refractivity contribution is -0.887. The van der Waals surface area contributed by atoms with Gasteiger partial charge >= 0.3 is 11.9 Å². The third-order valence-electron chi connectivity index (χ3n) is 7.53. The maximum atomic E-state index is 11.9. The number of allylic oxidation sites excluding steroid dienone is 6. The smallest absolute Gasteiger partial charge is 0.362 e. The number of aliphatic hydroxyl groups excluding tert-OH is 1. The van der Waals surface area contributed by atoms with Crippen LogP contribution in [0.5, 0.6) is 0 Å². The summed E-state index contributed by atoms with van der Waals surface area (Å²) in [5.74, 6) is -1.15. The topological polar surface area (TPSA) is 93.1 Å². The molecular weight excluding hydrogens is 542 g/mol. The molecule has 0 heterocycles. The monoisotopic (exact) mass is 608 g/mol. The minimum Gasteiger partial charge on any atom is -0.477 e. The van der Waals surface area contributed by atoms with E-state index in [0.717, 1.165) is 38.5 Å². The first-order chi connectivity index (χ1) is 20.7. The molecule has 0 aliphatic carbocycles. The summed E-state index contributed by atoms with van der Waals surface area (Å²) in [6.45, 7) is 2.32. The normalized spacial score (nSPS) is 13.8. The van der Waals surface area contributed by atoms with E-state index >= 15 is 0 Å². The third-order valence-corrected chi connectivity index (χ3v) is 7.53. The standard InChI is InChI=1S/C36H65NO6/c1-5-6-7-8-9-10-11-12-13-14-15-16-17-18-19-20-21-22-23-24-25-26-27-28-35(39)43-32-33(38)31-42-30-29-34(36(40)41)37(2,3)4/h6-7,9-10,12-13,33-34,38H,5,8,11,14-32H2,1-4H3/p+1/b7-6+,10-9+,13-12+.